The van der Waals surface area contributed by atoms with E-state index in [9.17, 15) is 31.6 Å². The quantitative estimate of drug-likeness (QED) is 0.155. The highest BCUT2D eigenvalue weighted by Gasteiger charge is 2.62. The molecule has 15 heteroatoms. The van der Waals surface area contributed by atoms with Gasteiger partial charge in [-0.2, -0.15) is 0 Å². The summed E-state index contributed by atoms with van der Waals surface area (Å²) >= 11 is 1.48. The Balaban J connectivity index is 1.16. The van der Waals surface area contributed by atoms with E-state index in [0.717, 1.165) is 30.2 Å². The van der Waals surface area contributed by atoms with Crippen molar-refractivity contribution in [1.82, 2.24) is 19.6 Å². The van der Waals surface area contributed by atoms with Gasteiger partial charge in [0.2, 0.25) is 21.8 Å². The Morgan fingerprint density at radius 2 is 1.81 bits per heavy atom. The molecule has 2 amide bonds. The number of rotatable bonds is 10. The van der Waals surface area contributed by atoms with E-state index in [1.54, 1.807) is 14.0 Å². The third-order valence-electron chi connectivity index (χ3n) is 13.4. The first kappa shape index (κ1) is 43.9. The molecule has 4 heterocycles. The molecule has 0 radical (unpaired) electrons. The second-order valence-electron chi connectivity index (χ2n) is 18.2. The molecule has 1 N–H and O–H groups in total. The number of ether oxygens (including phenoxy) is 2. The molecule has 330 valence electrons. The molecule has 2 aliphatic carbocycles. The molecular formula is C47H54F2N4O7S2. The highest BCUT2D eigenvalue weighted by Crippen LogP contribution is 2.58. The lowest BCUT2D eigenvalue weighted by Crippen LogP contribution is -2.47. The van der Waals surface area contributed by atoms with E-state index < -0.39 is 55.8 Å². The van der Waals surface area contributed by atoms with Crippen LogP contribution in [0.15, 0.2) is 53.9 Å². The minimum atomic E-state index is -3.98. The van der Waals surface area contributed by atoms with Crippen LogP contribution in [-0.4, -0.2) is 71.4 Å². The summed E-state index contributed by atoms with van der Waals surface area (Å²) in [5, 5.41) is 3.42. The average Bonchev–Trinajstić information content (AvgIpc) is 3.99. The highest BCUT2D eigenvalue weighted by molar-refractivity contribution is 7.91. The fourth-order valence-corrected chi connectivity index (χ4v) is 11.4. The lowest BCUT2D eigenvalue weighted by molar-refractivity contribution is -0.142. The number of ketones is 1. The molecule has 2 aliphatic heterocycles. The molecule has 0 unspecified atom stereocenters. The largest absolute Gasteiger partial charge is 0.496 e. The number of methoxy groups -OCH3 is 1. The van der Waals surface area contributed by atoms with Gasteiger partial charge >= 0.3 is 0 Å². The number of carbonyl (C=O) groups excluding carboxylic acids is 3. The predicted molar refractivity (Wildman–Crippen MR) is 233 cm³/mol. The number of benzene rings is 2. The molecule has 2 saturated carbocycles. The Morgan fingerprint density at radius 1 is 1.05 bits per heavy atom. The van der Waals surface area contributed by atoms with Crippen LogP contribution in [0.3, 0.4) is 0 Å². The van der Waals surface area contributed by atoms with Crippen molar-refractivity contribution < 1.29 is 41.1 Å². The maximum Gasteiger partial charge on any atom is 0.240 e. The lowest BCUT2D eigenvalue weighted by atomic mass is 9.90. The van der Waals surface area contributed by atoms with Gasteiger partial charge in [0.15, 0.2) is 5.78 Å². The third-order valence-corrected chi connectivity index (χ3v) is 16.4. The van der Waals surface area contributed by atoms with Crippen molar-refractivity contribution in [2.75, 3.05) is 13.7 Å². The Bertz CT molecular complexity index is 2540. The van der Waals surface area contributed by atoms with Crippen molar-refractivity contribution >= 4 is 49.9 Å². The molecule has 8 rings (SSSR count). The van der Waals surface area contributed by atoms with Crippen molar-refractivity contribution in [3.8, 4) is 22.2 Å². The maximum absolute atomic E-state index is 14.9. The number of carbonyl (C=O) groups is 3. The third kappa shape index (κ3) is 8.76. The summed E-state index contributed by atoms with van der Waals surface area (Å²) < 4.78 is 69.4. The molecule has 5 atom stereocenters. The first-order valence-corrected chi connectivity index (χ1v) is 24.0. The van der Waals surface area contributed by atoms with Gasteiger partial charge in [0, 0.05) is 47.2 Å². The molecule has 4 aliphatic rings. The summed E-state index contributed by atoms with van der Waals surface area (Å²) in [6.07, 6.45) is 7.71. The van der Waals surface area contributed by atoms with Gasteiger partial charge in [-0.25, -0.2) is 27.2 Å². The Hall–Kier alpha value is -4.76. The highest BCUT2D eigenvalue weighted by atomic mass is 32.2. The van der Waals surface area contributed by atoms with Crippen LogP contribution in [0.25, 0.3) is 21.6 Å². The van der Waals surface area contributed by atoms with Gasteiger partial charge in [-0.05, 0) is 100 Å². The number of thiazole rings is 1. The second-order valence-corrected chi connectivity index (χ2v) is 21.3. The molecular weight excluding hydrogens is 835 g/mol. The normalized spacial score (nSPS) is 25.7. The predicted octanol–water partition coefficient (Wildman–Crippen LogP) is 8.77. The van der Waals surface area contributed by atoms with Crippen LogP contribution in [-0.2, 0) is 30.8 Å². The maximum atomic E-state index is 14.9. The summed E-state index contributed by atoms with van der Waals surface area (Å²) in [6.45, 7) is 7.69. The summed E-state index contributed by atoms with van der Waals surface area (Å²) in [4.78, 5) is 55.3. The van der Waals surface area contributed by atoms with Gasteiger partial charge in [0.1, 0.15) is 39.9 Å². The zero-order chi connectivity index (χ0) is 44.1. The molecule has 11 nitrogen and oxygen atoms in total. The van der Waals surface area contributed by atoms with Gasteiger partial charge in [0.25, 0.3) is 0 Å². The SMILES string of the molecule is COc1ccc2c(O[C@@H]3C[C@H]4C(=O)C[C@]5(C(=O)NS(=O)(=O)C6(C)CC6)C[C@H]5/C=C\CCCCC[C@H](Cc5cc(F)cc(F)c5)C(=O)N4C3)cc(-c3nc(C(C)C)cs3)nc2c1C. The van der Waals surface area contributed by atoms with Crippen LogP contribution < -0.4 is 14.2 Å². The molecule has 2 aromatic heterocycles. The molecule has 1 saturated heterocycles. The van der Waals surface area contributed by atoms with E-state index >= 15 is 0 Å². The number of aryl methyl sites for hydroxylation is 1. The van der Waals surface area contributed by atoms with Crippen LogP contribution >= 0.6 is 11.3 Å². The summed E-state index contributed by atoms with van der Waals surface area (Å²) in [5.74, 6) is -2.61. The van der Waals surface area contributed by atoms with Crippen LogP contribution in [0.4, 0.5) is 8.78 Å². The van der Waals surface area contributed by atoms with E-state index in [4.69, 9.17) is 19.4 Å². The van der Waals surface area contributed by atoms with Gasteiger partial charge in [-0.3, -0.25) is 19.1 Å². The zero-order valence-electron chi connectivity index (χ0n) is 35.8. The number of hydrogen-bond acceptors (Lipinski definition) is 10. The van der Waals surface area contributed by atoms with Crippen molar-refractivity contribution in [1.29, 1.82) is 0 Å². The van der Waals surface area contributed by atoms with Crippen LogP contribution in [0, 0.1) is 35.8 Å². The number of pyridine rings is 1. The van der Waals surface area contributed by atoms with Crippen molar-refractivity contribution in [2.45, 2.75) is 121 Å². The average molecular weight is 889 g/mol. The summed E-state index contributed by atoms with van der Waals surface area (Å²) in [5.41, 5.74) is 2.02. The number of hydrogen-bond donors (Lipinski definition) is 1. The molecule has 3 fully saturated rings. The topological polar surface area (TPSA) is 145 Å². The van der Waals surface area contributed by atoms with Gasteiger partial charge in [0.05, 0.1) is 41.1 Å². The molecule has 4 aromatic rings. The number of halogens is 2. The standard InChI is InChI=1S/C47H54F2N4O7S2/c1-27(2)37-26-61-43(51-37)36-22-41(35-13-14-40(59-5)28(3)42(35)50-36)60-34-21-38-39(54)24-47(45(56)52-62(57,58)46(4)15-16-46)23-31(47)12-10-8-6-7-9-11-30(44(55)53(38)25-34)17-29-18-32(48)20-33(49)19-29/h10,12-14,18-20,22,26-27,30-31,34,38H,6-9,11,15-17,21,23-25H2,1-5H3,(H,52,56)/b12-10-/t30-,31-,34-,38+,47-/m1/s1. The number of nitrogens with one attached hydrogen (secondary N) is 1. The van der Waals surface area contributed by atoms with Crippen LogP contribution in [0.1, 0.15) is 108 Å². The molecule has 2 aromatic carbocycles. The summed E-state index contributed by atoms with van der Waals surface area (Å²) in [6, 6.07) is 7.79. The fourth-order valence-electron chi connectivity index (χ4n) is 9.09. The minimum absolute atomic E-state index is 0.0293. The van der Waals surface area contributed by atoms with Gasteiger partial charge < -0.3 is 14.4 Å². The van der Waals surface area contributed by atoms with Gasteiger partial charge in [-0.1, -0.05) is 38.8 Å². The number of fused-ring (bicyclic) bond motifs is 3. The van der Waals surface area contributed by atoms with E-state index in [1.807, 2.05) is 42.7 Å². The fraction of sp³-hybridized carbons (Fsp3) is 0.511. The van der Waals surface area contributed by atoms with Crippen molar-refractivity contribution in [3.05, 3.63) is 82.4 Å². The van der Waals surface area contributed by atoms with Crippen molar-refractivity contribution in [3.63, 3.8) is 0 Å². The summed E-state index contributed by atoms with van der Waals surface area (Å²) in [7, 11) is -2.39. The van der Waals surface area contributed by atoms with Gasteiger partial charge in [-0.15, -0.1) is 11.3 Å². The Kier molecular flexibility index (Phi) is 12.1. The Morgan fingerprint density at radius 3 is 2.50 bits per heavy atom. The first-order chi connectivity index (χ1) is 29.5. The van der Waals surface area contributed by atoms with Crippen LogP contribution in [0.5, 0.6) is 11.5 Å². The smallest absolute Gasteiger partial charge is 0.240 e. The number of aromatic nitrogens is 2. The molecule has 62 heavy (non-hydrogen) atoms. The number of sulfonamides is 1. The number of nitrogens with zero attached hydrogens (tertiary/aromatic N) is 3. The van der Waals surface area contributed by atoms with E-state index in [-0.39, 0.29) is 49.3 Å². The van der Waals surface area contributed by atoms with Crippen molar-refractivity contribution in [2.24, 2.45) is 17.3 Å². The van der Waals surface area contributed by atoms with Crippen LogP contribution in [0.2, 0.25) is 0 Å². The number of allylic oxidation sites excluding steroid dienone is 2. The van der Waals surface area contributed by atoms with E-state index in [1.165, 1.54) is 28.4 Å². The molecule has 0 spiro atoms. The number of Topliss-reactive ketones (excluding diaryl/α,β-unsaturated/α-hetero) is 1. The number of amides is 2. The monoisotopic (exact) mass is 888 g/mol. The minimum Gasteiger partial charge on any atom is -0.496 e. The molecule has 0 bridgehead atoms. The van der Waals surface area contributed by atoms with E-state index in [0.29, 0.717) is 77.2 Å². The second kappa shape index (κ2) is 17.1. The zero-order valence-corrected chi connectivity index (χ0v) is 37.5. The first-order valence-electron chi connectivity index (χ1n) is 21.6. The Labute approximate surface area is 365 Å². The lowest BCUT2D eigenvalue weighted by Gasteiger charge is -2.29. The van der Waals surface area contributed by atoms with E-state index in [2.05, 4.69) is 18.6 Å².